The van der Waals surface area contributed by atoms with Crippen LogP contribution in [-0.2, 0) is 23.0 Å². The third-order valence-corrected chi connectivity index (χ3v) is 6.44. The molecule has 0 amide bonds. The number of rotatable bonds is 3. The Labute approximate surface area is 161 Å². The summed E-state index contributed by atoms with van der Waals surface area (Å²) in [6, 6.07) is 9.28. The molecule has 2 aromatic carbocycles. The molecule has 2 aliphatic rings. The fourth-order valence-electron chi connectivity index (χ4n) is 3.50. The van der Waals surface area contributed by atoms with E-state index in [4.69, 9.17) is 14.6 Å². The summed E-state index contributed by atoms with van der Waals surface area (Å²) in [5.41, 5.74) is 3.12. The summed E-state index contributed by atoms with van der Waals surface area (Å²) in [6.45, 7) is 3.91. The number of fused-ring (bicyclic) bond motifs is 2. The van der Waals surface area contributed by atoms with Gasteiger partial charge in [0.15, 0.2) is 11.5 Å². The van der Waals surface area contributed by atoms with E-state index in [2.05, 4.69) is 27.8 Å². The van der Waals surface area contributed by atoms with Crippen LogP contribution in [0.4, 0.5) is 5.69 Å². The third-order valence-electron chi connectivity index (χ3n) is 4.79. The fraction of sp³-hybridized carbons (Fsp3) is 0.333. The van der Waals surface area contributed by atoms with Crippen molar-refractivity contribution in [1.82, 2.24) is 0 Å². The molecule has 0 aliphatic carbocycles. The van der Waals surface area contributed by atoms with Crippen molar-refractivity contribution in [3.05, 3.63) is 45.9 Å². The Morgan fingerprint density at radius 3 is 2.58 bits per heavy atom. The number of benzene rings is 2. The summed E-state index contributed by atoms with van der Waals surface area (Å²) in [5.74, 6) is 1.51. The number of nitrogens with zero attached hydrogens (tertiary/aromatic N) is 1. The lowest BCUT2D eigenvalue weighted by atomic mass is 10.1. The summed E-state index contributed by atoms with van der Waals surface area (Å²) >= 11 is 3.62. The number of sulfonamides is 1. The van der Waals surface area contributed by atoms with E-state index >= 15 is 0 Å². The van der Waals surface area contributed by atoms with E-state index in [-0.39, 0.29) is 10.9 Å². The SMILES string of the molecule is C[C@H]1Cc2cc(S(N)(=O)=O)ccc2N1Cc1cc2c(cc1Br)OCCO2. The summed E-state index contributed by atoms with van der Waals surface area (Å²) in [4.78, 5) is 2.42. The number of halogens is 1. The van der Waals surface area contributed by atoms with E-state index in [0.717, 1.165) is 39.2 Å². The second-order valence-corrected chi connectivity index (χ2v) is 9.02. The Morgan fingerprint density at radius 1 is 1.19 bits per heavy atom. The van der Waals surface area contributed by atoms with Crippen LogP contribution in [0.1, 0.15) is 18.1 Å². The second-order valence-electron chi connectivity index (χ2n) is 6.60. The van der Waals surface area contributed by atoms with Gasteiger partial charge >= 0.3 is 0 Å². The molecule has 26 heavy (non-hydrogen) atoms. The molecule has 2 heterocycles. The average Bonchev–Trinajstić information content (AvgIpc) is 2.89. The van der Waals surface area contributed by atoms with Gasteiger partial charge in [-0.05, 0) is 54.8 Å². The van der Waals surface area contributed by atoms with Crippen molar-refractivity contribution in [1.29, 1.82) is 0 Å². The predicted octanol–water partition coefficient (Wildman–Crippen LogP) is 2.82. The van der Waals surface area contributed by atoms with E-state index < -0.39 is 10.0 Å². The fourth-order valence-corrected chi connectivity index (χ4v) is 4.51. The minimum atomic E-state index is -3.69. The lowest BCUT2D eigenvalue weighted by molar-refractivity contribution is 0.171. The van der Waals surface area contributed by atoms with E-state index in [1.807, 2.05) is 18.2 Å². The van der Waals surface area contributed by atoms with Gasteiger partial charge in [0.05, 0.1) is 4.90 Å². The molecule has 138 valence electrons. The van der Waals surface area contributed by atoms with E-state index in [9.17, 15) is 8.42 Å². The Morgan fingerprint density at radius 2 is 1.88 bits per heavy atom. The van der Waals surface area contributed by atoms with Gasteiger partial charge in [-0.15, -0.1) is 0 Å². The molecule has 1 atom stereocenters. The van der Waals surface area contributed by atoms with Gasteiger partial charge in [0.2, 0.25) is 10.0 Å². The summed E-state index contributed by atoms with van der Waals surface area (Å²) in [6.07, 6.45) is 0.779. The molecule has 0 saturated heterocycles. The van der Waals surface area contributed by atoms with Gasteiger partial charge in [0.25, 0.3) is 0 Å². The highest BCUT2D eigenvalue weighted by Gasteiger charge is 2.28. The van der Waals surface area contributed by atoms with Crippen molar-refractivity contribution in [2.45, 2.75) is 30.8 Å². The monoisotopic (exact) mass is 438 g/mol. The van der Waals surface area contributed by atoms with E-state index in [0.29, 0.717) is 19.8 Å². The maximum atomic E-state index is 11.6. The summed E-state index contributed by atoms with van der Waals surface area (Å²) in [5, 5.41) is 5.26. The molecule has 0 bridgehead atoms. The zero-order valence-electron chi connectivity index (χ0n) is 14.2. The average molecular weight is 439 g/mol. The number of hydrogen-bond donors (Lipinski definition) is 1. The van der Waals surface area contributed by atoms with Crippen molar-refractivity contribution in [2.24, 2.45) is 5.14 Å². The van der Waals surface area contributed by atoms with Crippen molar-refractivity contribution in [3.8, 4) is 11.5 Å². The van der Waals surface area contributed by atoms with Crippen LogP contribution in [0, 0.1) is 0 Å². The third kappa shape index (κ3) is 3.17. The van der Waals surface area contributed by atoms with Crippen molar-refractivity contribution in [3.63, 3.8) is 0 Å². The Hall–Kier alpha value is -1.77. The molecule has 2 aromatic rings. The highest BCUT2D eigenvalue weighted by atomic mass is 79.9. The Balaban J connectivity index is 1.66. The van der Waals surface area contributed by atoms with Crippen molar-refractivity contribution >= 4 is 31.6 Å². The second kappa shape index (κ2) is 6.44. The highest BCUT2D eigenvalue weighted by molar-refractivity contribution is 9.10. The van der Waals surface area contributed by atoms with Gasteiger partial charge in [-0.3, -0.25) is 0 Å². The van der Waals surface area contributed by atoms with Crippen molar-refractivity contribution in [2.75, 3.05) is 18.1 Å². The molecule has 0 saturated carbocycles. The molecular weight excluding hydrogens is 420 g/mol. The zero-order valence-corrected chi connectivity index (χ0v) is 16.6. The van der Waals surface area contributed by atoms with Crippen molar-refractivity contribution < 1.29 is 17.9 Å². The van der Waals surface area contributed by atoms with Crippen LogP contribution in [0.5, 0.6) is 11.5 Å². The van der Waals surface area contributed by atoms with Crippen LogP contribution in [-0.4, -0.2) is 27.7 Å². The molecule has 0 radical (unpaired) electrons. The number of anilines is 1. The van der Waals surface area contributed by atoms with Gasteiger partial charge < -0.3 is 14.4 Å². The minimum absolute atomic E-state index is 0.158. The van der Waals surface area contributed by atoms with E-state index in [1.54, 1.807) is 12.1 Å². The Bertz CT molecular complexity index is 977. The van der Waals surface area contributed by atoms with Crippen LogP contribution >= 0.6 is 15.9 Å². The standard InChI is InChI=1S/C18H19BrN2O4S/c1-11-6-12-7-14(26(20,22)23)2-3-16(12)21(11)10-13-8-17-18(9-15(13)19)25-5-4-24-17/h2-3,7-9,11H,4-6,10H2,1H3,(H2,20,22,23)/t11-/m0/s1. The first-order valence-electron chi connectivity index (χ1n) is 8.33. The number of nitrogens with two attached hydrogens (primary N) is 1. The number of primary sulfonamides is 1. The molecule has 2 aliphatic heterocycles. The van der Waals surface area contributed by atoms with Crippen LogP contribution in [0.15, 0.2) is 39.7 Å². The van der Waals surface area contributed by atoms with E-state index in [1.165, 1.54) is 0 Å². The Kier molecular flexibility index (Phi) is 4.37. The first-order valence-corrected chi connectivity index (χ1v) is 10.7. The molecule has 0 aromatic heterocycles. The molecule has 0 unspecified atom stereocenters. The largest absolute Gasteiger partial charge is 0.486 e. The lowest BCUT2D eigenvalue weighted by Crippen LogP contribution is -2.29. The first kappa shape index (κ1) is 17.6. The van der Waals surface area contributed by atoms with Crippen LogP contribution in [0.2, 0.25) is 0 Å². The van der Waals surface area contributed by atoms with Gasteiger partial charge in [0, 0.05) is 22.7 Å². The van der Waals surface area contributed by atoms with Crippen LogP contribution in [0.25, 0.3) is 0 Å². The maximum Gasteiger partial charge on any atom is 0.238 e. The minimum Gasteiger partial charge on any atom is -0.486 e. The number of hydrogen-bond acceptors (Lipinski definition) is 5. The van der Waals surface area contributed by atoms with Gasteiger partial charge in [-0.25, -0.2) is 13.6 Å². The smallest absolute Gasteiger partial charge is 0.238 e. The predicted molar refractivity (Wildman–Crippen MR) is 102 cm³/mol. The summed E-state index contributed by atoms with van der Waals surface area (Å²) < 4.78 is 35.5. The molecule has 2 N–H and O–H groups in total. The molecule has 8 heteroatoms. The first-order chi connectivity index (χ1) is 12.3. The van der Waals surface area contributed by atoms with Gasteiger partial charge in [-0.2, -0.15) is 0 Å². The molecule has 6 nitrogen and oxygen atoms in total. The molecule has 0 spiro atoms. The van der Waals surface area contributed by atoms with Gasteiger partial charge in [0.1, 0.15) is 13.2 Å². The molecular formula is C18H19BrN2O4S. The molecule has 4 rings (SSSR count). The number of ether oxygens (including phenoxy) is 2. The molecule has 0 fully saturated rings. The summed E-state index contributed by atoms with van der Waals surface area (Å²) in [7, 11) is -3.69. The highest BCUT2D eigenvalue weighted by Crippen LogP contribution is 2.39. The van der Waals surface area contributed by atoms with Crippen LogP contribution < -0.4 is 19.5 Å². The maximum absolute atomic E-state index is 11.6. The zero-order chi connectivity index (χ0) is 18.5. The lowest BCUT2D eigenvalue weighted by Gasteiger charge is -2.27. The normalized spacial score (nSPS) is 18.7. The topological polar surface area (TPSA) is 81.9 Å². The quantitative estimate of drug-likeness (QED) is 0.796. The van der Waals surface area contributed by atoms with Crippen LogP contribution in [0.3, 0.4) is 0 Å². The van der Waals surface area contributed by atoms with Gasteiger partial charge in [-0.1, -0.05) is 15.9 Å².